The molecule has 3 heterocycles. The van der Waals surface area contributed by atoms with Gasteiger partial charge in [0.1, 0.15) is 5.65 Å². The van der Waals surface area contributed by atoms with Crippen LogP contribution in [0.1, 0.15) is 29.9 Å². The molecule has 8 heteroatoms. The molecule has 4 aromatic rings. The molecule has 0 saturated heterocycles. The number of rotatable bonds is 5. The Morgan fingerprint density at radius 3 is 2.73 bits per heavy atom. The lowest BCUT2D eigenvalue weighted by Gasteiger charge is -2.18. The van der Waals surface area contributed by atoms with Crippen LogP contribution >= 0.6 is 24.0 Å². The number of imidazole rings is 1. The Kier molecular flexibility index (Phi) is 7.09. The summed E-state index contributed by atoms with van der Waals surface area (Å²) in [6.07, 6.45) is 5.77. The van der Waals surface area contributed by atoms with Crippen LogP contribution in [0.2, 0.25) is 0 Å². The van der Waals surface area contributed by atoms with Crippen LogP contribution in [0, 0.1) is 6.92 Å². The first-order valence-corrected chi connectivity index (χ1v) is 9.65. The summed E-state index contributed by atoms with van der Waals surface area (Å²) >= 11 is 0. The van der Waals surface area contributed by atoms with E-state index >= 15 is 0 Å². The maximum Gasteiger partial charge on any atom is 0.191 e. The molecule has 0 fully saturated rings. The summed E-state index contributed by atoms with van der Waals surface area (Å²) in [4.78, 5) is 9.02. The molecule has 2 N–H and O–H groups in total. The number of pyridine rings is 1. The molecule has 156 valence electrons. The third-order valence-electron chi connectivity index (χ3n) is 4.90. The summed E-state index contributed by atoms with van der Waals surface area (Å²) in [6, 6.07) is 16.4. The third-order valence-corrected chi connectivity index (χ3v) is 4.90. The number of benzene rings is 1. The van der Waals surface area contributed by atoms with Crippen LogP contribution in [0.5, 0.6) is 0 Å². The second-order valence-corrected chi connectivity index (χ2v) is 6.97. The maximum atomic E-state index is 4.67. The third kappa shape index (κ3) is 4.81. The fraction of sp³-hybridized carbons (Fsp3) is 0.227. The largest absolute Gasteiger partial charge is 0.351 e. The van der Waals surface area contributed by atoms with Gasteiger partial charge in [-0.3, -0.25) is 4.99 Å². The van der Waals surface area contributed by atoms with E-state index in [0.29, 0.717) is 6.54 Å². The SMILES string of the molecule is CN=C(NCc1cn2c(C)cccc2n1)NC(C)c1cccc(-n2cccn2)c1.I. The van der Waals surface area contributed by atoms with E-state index in [1.54, 1.807) is 13.2 Å². The van der Waals surface area contributed by atoms with Crippen LogP contribution in [0.4, 0.5) is 0 Å². The van der Waals surface area contributed by atoms with Crippen LogP contribution in [0.15, 0.2) is 72.1 Å². The summed E-state index contributed by atoms with van der Waals surface area (Å²) in [6.45, 7) is 4.79. The standard InChI is InChI=1S/C22H25N7.HI/c1-16-7-4-10-21-27-19(15-28(16)21)14-24-22(23-3)26-17(2)18-8-5-9-20(13-18)29-12-6-11-25-29;/h4-13,15,17H,14H2,1-3H3,(H2,23,24,26);1H. The second-order valence-electron chi connectivity index (χ2n) is 6.97. The first-order chi connectivity index (χ1) is 14.1. The number of hydrogen-bond donors (Lipinski definition) is 2. The van der Waals surface area contributed by atoms with E-state index in [9.17, 15) is 0 Å². The summed E-state index contributed by atoms with van der Waals surface area (Å²) in [5.41, 5.74) is 5.27. The first kappa shape index (κ1) is 21.8. The maximum absolute atomic E-state index is 4.67. The van der Waals surface area contributed by atoms with Crippen molar-refractivity contribution in [3.05, 3.63) is 84.1 Å². The lowest BCUT2D eigenvalue weighted by molar-refractivity contribution is 0.682. The van der Waals surface area contributed by atoms with E-state index < -0.39 is 0 Å². The van der Waals surface area contributed by atoms with Crippen molar-refractivity contribution in [1.29, 1.82) is 0 Å². The number of hydrogen-bond acceptors (Lipinski definition) is 3. The van der Waals surface area contributed by atoms with Crippen molar-refractivity contribution in [3.8, 4) is 5.69 Å². The van der Waals surface area contributed by atoms with Gasteiger partial charge in [-0.1, -0.05) is 18.2 Å². The van der Waals surface area contributed by atoms with E-state index in [1.165, 1.54) is 0 Å². The zero-order valence-electron chi connectivity index (χ0n) is 17.3. The van der Waals surface area contributed by atoms with Gasteiger partial charge in [-0.15, -0.1) is 24.0 Å². The molecule has 3 aromatic heterocycles. The van der Waals surface area contributed by atoms with Gasteiger partial charge in [0.2, 0.25) is 0 Å². The molecular formula is C22H26IN7. The van der Waals surface area contributed by atoms with Crippen molar-refractivity contribution < 1.29 is 0 Å². The monoisotopic (exact) mass is 515 g/mol. The Hall–Kier alpha value is -2.88. The minimum atomic E-state index is 0. The smallest absolute Gasteiger partial charge is 0.191 e. The Labute approximate surface area is 193 Å². The molecule has 1 unspecified atom stereocenters. The molecule has 0 amide bonds. The molecule has 0 aliphatic rings. The zero-order valence-corrected chi connectivity index (χ0v) is 19.6. The minimum absolute atomic E-state index is 0. The first-order valence-electron chi connectivity index (χ1n) is 9.65. The van der Waals surface area contributed by atoms with E-state index in [2.05, 4.69) is 68.4 Å². The van der Waals surface area contributed by atoms with Gasteiger partial charge in [-0.05, 0) is 49.7 Å². The van der Waals surface area contributed by atoms with Gasteiger partial charge in [0, 0.05) is 31.3 Å². The Morgan fingerprint density at radius 2 is 2.00 bits per heavy atom. The number of aliphatic imine (C=N–C) groups is 1. The lowest BCUT2D eigenvalue weighted by atomic mass is 10.1. The molecule has 7 nitrogen and oxygen atoms in total. The van der Waals surface area contributed by atoms with Crippen molar-refractivity contribution in [1.82, 2.24) is 29.8 Å². The van der Waals surface area contributed by atoms with Crippen LogP contribution < -0.4 is 10.6 Å². The fourth-order valence-corrected chi connectivity index (χ4v) is 3.30. The van der Waals surface area contributed by atoms with Crippen molar-refractivity contribution >= 4 is 35.6 Å². The molecule has 1 aromatic carbocycles. The van der Waals surface area contributed by atoms with E-state index in [0.717, 1.165) is 34.2 Å². The van der Waals surface area contributed by atoms with Gasteiger partial charge in [-0.25, -0.2) is 9.67 Å². The quantitative estimate of drug-likeness (QED) is 0.241. The number of aryl methyl sites for hydroxylation is 1. The van der Waals surface area contributed by atoms with Crippen LogP contribution in [-0.2, 0) is 6.54 Å². The Bertz CT molecular complexity index is 1130. The molecule has 4 rings (SSSR count). The minimum Gasteiger partial charge on any atom is -0.351 e. The summed E-state index contributed by atoms with van der Waals surface area (Å²) < 4.78 is 3.95. The van der Waals surface area contributed by atoms with Gasteiger partial charge in [0.15, 0.2) is 5.96 Å². The lowest BCUT2D eigenvalue weighted by Crippen LogP contribution is -2.38. The average molecular weight is 515 g/mol. The Morgan fingerprint density at radius 1 is 1.17 bits per heavy atom. The average Bonchev–Trinajstić information content (AvgIpc) is 3.41. The summed E-state index contributed by atoms with van der Waals surface area (Å²) in [5.74, 6) is 0.732. The predicted octanol–water partition coefficient (Wildman–Crippen LogP) is 3.87. The van der Waals surface area contributed by atoms with E-state index in [-0.39, 0.29) is 30.0 Å². The molecule has 0 bridgehead atoms. The van der Waals surface area contributed by atoms with Crippen molar-refractivity contribution in [2.24, 2.45) is 4.99 Å². The Balaban J connectivity index is 0.00000256. The van der Waals surface area contributed by atoms with Gasteiger partial charge < -0.3 is 15.0 Å². The molecule has 0 spiro atoms. The van der Waals surface area contributed by atoms with Crippen molar-refractivity contribution in [2.75, 3.05) is 7.05 Å². The highest BCUT2D eigenvalue weighted by atomic mass is 127. The number of nitrogens with one attached hydrogen (secondary N) is 2. The van der Waals surface area contributed by atoms with Crippen molar-refractivity contribution in [2.45, 2.75) is 26.4 Å². The number of halogens is 1. The van der Waals surface area contributed by atoms with Crippen molar-refractivity contribution in [3.63, 3.8) is 0 Å². The van der Waals surface area contributed by atoms with Gasteiger partial charge in [-0.2, -0.15) is 5.10 Å². The fourth-order valence-electron chi connectivity index (χ4n) is 3.30. The highest BCUT2D eigenvalue weighted by Gasteiger charge is 2.10. The molecule has 30 heavy (non-hydrogen) atoms. The van der Waals surface area contributed by atoms with Gasteiger partial charge >= 0.3 is 0 Å². The number of nitrogens with zero attached hydrogens (tertiary/aromatic N) is 5. The van der Waals surface area contributed by atoms with E-state index in [1.807, 2.05) is 41.2 Å². The molecule has 0 radical (unpaired) electrons. The molecule has 0 saturated carbocycles. The number of guanidine groups is 1. The molecular weight excluding hydrogens is 489 g/mol. The molecule has 0 aliphatic carbocycles. The van der Waals surface area contributed by atoms with Gasteiger partial charge in [0.25, 0.3) is 0 Å². The topological polar surface area (TPSA) is 71.5 Å². The number of aromatic nitrogens is 4. The summed E-state index contributed by atoms with van der Waals surface area (Å²) in [7, 11) is 1.77. The van der Waals surface area contributed by atoms with Crippen LogP contribution in [-0.4, -0.2) is 32.2 Å². The molecule has 0 aliphatic heterocycles. The van der Waals surface area contributed by atoms with E-state index in [4.69, 9.17) is 0 Å². The highest BCUT2D eigenvalue weighted by Crippen LogP contribution is 2.16. The second kappa shape index (κ2) is 9.75. The van der Waals surface area contributed by atoms with Gasteiger partial charge in [0.05, 0.1) is 24.0 Å². The highest BCUT2D eigenvalue weighted by molar-refractivity contribution is 14.0. The zero-order chi connectivity index (χ0) is 20.2. The van der Waals surface area contributed by atoms with Crippen LogP contribution in [0.25, 0.3) is 11.3 Å². The van der Waals surface area contributed by atoms with Crippen LogP contribution in [0.3, 0.4) is 0 Å². The summed E-state index contributed by atoms with van der Waals surface area (Å²) in [5, 5.41) is 11.1. The number of fused-ring (bicyclic) bond motifs is 1. The molecule has 1 atom stereocenters. The predicted molar refractivity (Wildman–Crippen MR) is 131 cm³/mol. The normalized spacial score (nSPS) is 12.4.